The van der Waals surface area contributed by atoms with E-state index in [1.807, 2.05) is 12.1 Å². The molecule has 1 aliphatic carbocycles. The first-order chi connectivity index (χ1) is 9.72. The number of hydrogen-bond donors (Lipinski definition) is 1. The van der Waals surface area contributed by atoms with Crippen LogP contribution in [0.2, 0.25) is 5.02 Å². The number of nitrogens with zero attached hydrogens (tertiary/aromatic N) is 1. The molecule has 0 amide bonds. The largest absolute Gasteiger partial charge is 0.371 e. The Balaban J connectivity index is 1.52. The molecule has 1 aromatic rings. The molecule has 1 aromatic carbocycles. The number of anilines is 1. The number of halogens is 1. The van der Waals surface area contributed by atoms with Crippen LogP contribution in [0.1, 0.15) is 38.5 Å². The number of benzene rings is 1. The molecule has 3 rings (SSSR count). The van der Waals surface area contributed by atoms with Gasteiger partial charge < -0.3 is 10.6 Å². The van der Waals surface area contributed by atoms with Gasteiger partial charge in [-0.2, -0.15) is 0 Å². The topological polar surface area (TPSA) is 29.3 Å². The fourth-order valence-electron chi connectivity index (χ4n) is 3.87. The van der Waals surface area contributed by atoms with Crippen LogP contribution in [0, 0.1) is 11.8 Å². The van der Waals surface area contributed by atoms with E-state index >= 15 is 0 Å². The first kappa shape index (κ1) is 14.2. The third kappa shape index (κ3) is 3.29. The molecule has 2 nitrogen and oxygen atoms in total. The van der Waals surface area contributed by atoms with Crippen LogP contribution in [-0.2, 0) is 0 Å². The average molecular weight is 293 g/mol. The zero-order chi connectivity index (χ0) is 13.9. The SMILES string of the molecule is NC(CC1CCN(c2ccc(Cl)cc2)C1)C1CCCC1. The molecular weight excluding hydrogens is 268 g/mol. The second kappa shape index (κ2) is 6.36. The summed E-state index contributed by atoms with van der Waals surface area (Å²) in [7, 11) is 0. The van der Waals surface area contributed by atoms with Crippen molar-refractivity contribution in [1.29, 1.82) is 0 Å². The van der Waals surface area contributed by atoms with Crippen LogP contribution in [0.25, 0.3) is 0 Å². The van der Waals surface area contributed by atoms with Crippen molar-refractivity contribution in [1.82, 2.24) is 0 Å². The van der Waals surface area contributed by atoms with E-state index < -0.39 is 0 Å². The van der Waals surface area contributed by atoms with Gasteiger partial charge in [-0.15, -0.1) is 0 Å². The molecular formula is C17H25ClN2. The van der Waals surface area contributed by atoms with E-state index in [1.165, 1.54) is 44.2 Å². The molecule has 2 aliphatic rings. The maximum Gasteiger partial charge on any atom is 0.0407 e. The Morgan fingerprint density at radius 2 is 1.85 bits per heavy atom. The average Bonchev–Trinajstić information content (AvgIpc) is 3.10. The van der Waals surface area contributed by atoms with Gasteiger partial charge in [-0.25, -0.2) is 0 Å². The molecule has 1 heterocycles. The van der Waals surface area contributed by atoms with E-state index in [-0.39, 0.29) is 0 Å². The molecule has 110 valence electrons. The van der Waals surface area contributed by atoms with Gasteiger partial charge in [-0.1, -0.05) is 24.4 Å². The third-order valence-corrected chi connectivity index (χ3v) is 5.34. The van der Waals surface area contributed by atoms with E-state index in [1.54, 1.807) is 0 Å². The van der Waals surface area contributed by atoms with Gasteiger partial charge in [0.1, 0.15) is 0 Å². The van der Waals surface area contributed by atoms with Gasteiger partial charge in [0.2, 0.25) is 0 Å². The van der Waals surface area contributed by atoms with Crippen molar-refractivity contribution in [3.8, 4) is 0 Å². The van der Waals surface area contributed by atoms with Crippen molar-refractivity contribution in [2.45, 2.75) is 44.6 Å². The minimum atomic E-state index is 0.424. The molecule has 0 aromatic heterocycles. The van der Waals surface area contributed by atoms with Crippen LogP contribution in [0.3, 0.4) is 0 Å². The van der Waals surface area contributed by atoms with Gasteiger partial charge in [-0.05, 0) is 61.8 Å². The molecule has 3 heteroatoms. The van der Waals surface area contributed by atoms with Crippen molar-refractivity contribution >= 4 is 17.3 Å². The quantitative estimate of drug-likeness (QED) is 0.906. The fourth-order valence-corrected chi connectivity index (χ4v) is 4.00. The minimum absolute atomic E-state index is 0.424. The highest BCUT2D eigenvalue weighted by Gasteiger charge is 2.28. The fraction of sp³-hybridized carbons (Fsp3) is 0.647. The lowest BCUT2D eigenvalue weighted by molar-refractivity contribution is 0.357. The second-order valence-corrected chi connectivity index (χ2v) is 6.96. The summed E-state index contributed by atoms with van der Waals surface area (Å²) in [6.07, 6.45) is 7.97. The molecule has 20 heavy (non-hydrogen) atoms. The van der Waals surface area contributed by atoms with Crippen molar-refractivity contribution < 1.29 is 0 Å². The van der Waals surface area contributed by atoms with Crippen molar-refractivity contribution in [2.75, 3.05) is 18.0 Å². The maximum atomic E-state index is 6.43. The molecule has 2 fully saturated rings. The van der Waals surface area contributed by atoms with Crippen molar-refractivity contribution in [3.05, 3.63) is 29.3 Å². The third-order valence-electron chi connectivity index (χ3n) is 5.09. The Labute approximate surface area is 127 Å². The monoisotopic (exact) mass is 292 g/mol. The zero-order valence-electron chi connectivity index (χ0n) is 12.1. The lowest BCUT2D eigenvalue weighted by Gasteiger charge is -2.23. The maximum absolute atomic E-state index is 6.43. The summed E-state index contributed by atoms with van der Waals surface area (Å²) in [5.74, 6) is 1.56. The molecule has 1 aliphatic heterocycles. The number of nitrogens with two attached hydrogens (primary N) is 1. The van der Waals surface area contributed by atoms with Gasteiger partial charge in [-0.3, -0.25) is 0 Å². The van der Waals surface area contributed by atoms with Crippen LogP contribution >= 0.6 is 11.6 Å². The molecule has 1 saturated heterocycles. The van der Waals surface area contributed by atoms with Crippen molar-refractivity contribution in [2.24, 2.45) is 17.6 Å². The number of hydrogen-bond acceptors (Lipinski definition) is 2. The highest BCUT2D eigenvalue weighted by molar-refractivity contribution is 6.30. The van der Waals surface area contributed by atoms with E-state index in [2.05, 4.69) is 17.0 Å². The van der Waals surface area contributed by atoms with E-state index in [0.29, 0.717) is 6.04 Å². The molecule has 0 bridgehead atoms. The summed E-state index contributed by atoms with van der Waals surface area (Å²) < 4.78 is 0. The minimum Gasteiger partial charge on any atom is -0.371 e. The lowest BCUT2D eigenvalue weighted by Crippen LogP contribution is -2.31. The summed E-state index contributed by atoms with van der Waals surface area (Å²) in [5.41, 5.74) is 7.72. The Bertz CT molecular complexity index is 425. The molecule has 1 saturated carbocycles. The van der Waals surface area contributed by atoms with Gasteiger partial charge in [0, 0.05) is 29.8 Å². The normalized spacial score (nSPS) is 25.3. The van der Waals surface area contributed by atoms with Gasteiger partial charge in [0.25, 0.3) is 0 Å². The van der Waals surface area contributed by atoms with Crippen LogP contribution in [0.4, 0.5) is 5.69 Å². The summed E-state index contributed by atoms with van der Waals surface area (Å²) in [5, 5.41) is 0.813. The Morgan fingerprint density at radius 3 is 2.55 bits per heavy atom. The van der Waals surface area contributed by atoms with E-state index in [0.717, 1.165) is 29.9 Å². The van der Waals surface area contributed by atoms with Crippen LogP contribution in [-0.4, -0.2) is 19.1 Å². The predicted octanol–water partition coefficient (Wildman–Crippen LogP) is 4.07. The number of rotatable bonds is 4. The summed E-state index contributed by atoms with van der Waals surface area (Å²) in [6, 6.07) is 8.64. The van der Waals surface area contributed by atoms with E-state index in [9.17, 15) is 0 Å². The molecule has 2 atom stereocenters. The summed E-state index contributed by atoms with van der Waals surface area (Å²) in [6.45, 7) is 2.31. The van der Waals surface area contributed by atoms with Crippen LogP contribution in [0.5, 0.6) is 0 Å². The van der Waals surface area contributed by atoms with Crippen LogP contribution < -0.4 is 10.6 Å². The summed E-state index contributed by atoms with van der Waals surface area (Å²) >= 11 is 5.95. The predicted molar refractivity (Wildman–Crippen MR) is 86.3 cm³/mol. The highest BCUT2D eigenvalue weighted by Crippen LogP contribution is 2.32. The zero-order valence-corrected chi connectivity index (χ0v) is 12.9. The second-order valence-electron chi connectivity index (χ2n) is 6.52. The smallest absolute Gasteiger partial charge is 0.0407 e. The van der Waals surface area contributed by atoms with Gasteiger partial charge >= 0.3 is 0 Å². The first-order valence-corrected chi connectivity index (χ1v) is 8.36. The van der Waals surface area contributed by atoms with Gasteiger partial charge in [0.05, 0.1) is 0 Å². The van der Waals surface area contributed by atoms with E-state index in [4.69, 9.17) is 17.3 Å². The molecule has 0 radical (unpaired) electrons. The standard InChI is InChI=1S/C17H25ClN2/c18-15-5-7-16(8-6-15)20-10-9-13(12-20)11-17(19)14-3-1-2-4-14/h5-8,13-14,17H,1-4,9-12,19H2. The molecule has 2 N–H and O–H groups in total. The molecule has 0 spiro atoms. The Morgan fingerprint density at radius 1 is 1.15 bits per heavy atom. The first-order valence-electron chi connectivity index (χ1n) is 7.98. The Hall–Kier alpha value is -0.730. The summed E-state index contributed by atoms with van der Waals surface area (Å²) in [4.78, 5) is 2.47. The van der Waals surface area contributed by atoms with Crippen molar-refractivity contribution in [3.63, 3.8) is 0 Å². The Kier molecular flexibility index (Phi) is 4.52. The lowest BCUT2D eigenvalue weighted by atomic mass is 9.89. The van der Waals surface area contributed by atoms with Gasteiger partial charge in [0.15, 0.2) is 0 Å². The van der Waals surface area contributed by atoms with Crippen LogP contribution in [0.15, 0.2) is 24.3 Å². The highest BCUT2D eigenvalue weighted by atomic mass is 35.5. The molecule has 2 unspecified atom stereocenters.